The lowest BCUT2D eigenvalue weighted by atomic mass is 9.93. The molecule has 0 aliphatic carbocycles. The van der Waals surface area contributed by atoms with Crippen molar-refractivity contribution in [3.8, 4) is 0 Å². The van der Waals surface area contributed by atoms with E-state index in [1.54, 1.807) is 23.7 Å². The molecule has 0 aromatic carbocycles. The van der Waals surface area contributed by atoms with Gasteiger partial charge in [0.1, 0.15) is 0 Å². The van der Waals surface area contributed by atoms with Gasteiger partial charge in [-0.3, -0.25) is 14.9 Å². The summed E-state index contributed by atoms with van der Waals surface area (Å²) in [4.78, 5) is 11.1. The molecule has 1 aliphatic heterocycles. The van der Waals surface area contributed by atoms with Gasteiger partial charge in [0.2, 0.25) is 0 Å². The molecule has 0 saturated carbocycles. The molecule has 0 atom stereocenters. The van der Waals surface area contributed by atoms with Crippen LogP contribution in [-0.4, -0.2) is 28.0 Å². The lowest BCUT2D eigenvalue weighted by Gasteiger charge is -2.31. The summed E-state index contributed by atoms with van der Waals surface area (Å²) in [6.07, 6.45) is 7.85. The Morgan fingerprint density at radius 2 is 2.17 bits per heavy atom. The highest BCUT2D eigenvalue weighted by molar-refractivity contribution is 7.07. The first kappa shape index (κ1) is 11.8. The molecule has 2 aromatic rings. The van der Waals surface area contributed by atoms with Crippen LogP contribution in [0.15, 0.2) is 35.4 Å². The summed E-state index contributed by atoms with van der Waals surface area (Å²) in [6.45, 7) is 3.42. The van der Waals surface area contributed by atoms with Crippen LogP contribution in [0.2, 0.25) is 0 Å². The van der Waals surface area contributed by atoms with Gasteiger partial charge in [0.25, 0.3) is 0 Å². The quantitative estimate of drug-likeness (QED) is 0.848. The molecular formula is C14H17N3S. The fourth-order valence-corrected chi connectivity index (χ4v) is 3.21. The van der Waals surface area contributed by atoms with Crippen LogP contribution in [0.3, 0.4) is 0 Å². The number of rotatable bonds is 3. The van der Waals surface area contributed by atoms with E-state index >= 15 is 0 Å². The van der Waals surface area contributed by atoms with Crippen molar-refractivity contribution in [2.45, 2.75) is 25.3 Å². The maximum Gasteiger partial charge on any atom is 0.0618 e. The lowest BCUT2D eigenvalue weighted by molar-refractivity contribution is 0.203. The Balaban J connectivity index is 1.55. The summed E-state index contributed by atoms with van der Waals surface area (Å²) in [5.74, 6) is 0.595. The third-order valence-electron chi connectivity index (χ3n) is 3.58. The van der Waals surface area contributed by atoms with Crippen LogP contribution in [0, 0.1) is 0 Å². The summed E-state index contributed by atoms with van der Waals surface area (Å²) in [5, 5.41) is 4.40. The Morgan fingerprint density at radius 1 is 1.28 bits per heavy atom. The zero-order valence-electron chi connectivity index (χ0n) is 10.3. The fourth-order valence-electron chi connectivity index (χ4n) is 2.55. The largest absolute Gasteiger partial charge is 0.299 e. The van der Waals surface area contributed by atoms with E-state index in [-0.39, 0.29) is 0 Å². The van der Waals surface area contributed by atoms with Crippen LogP contribution in [-0.2, 0) is 6.54 Å². The Kier molecular flexibility index (Phi) is 3.67. The van der Waals surface area contributed by atoms with E-state index in [1.807, 2.05) is 6.20 Å². The van der Waals surface area contributed by atoms with Gasteiger partial charge in [-0.1, -0.05) is 0 Å². The molecule has 4 heteroatoms. The lowest BCUT2D eigenvalue weighted by Crippen LogP contribution is -2.32. The highest BCUT2D eigenvalue weighted by Gasteiger charge is 2.21. The molecule has 18 heavy (non-hydrogen) atoms. The van der Waals surface area contributed by atoms with E-state index in [9.17, 15) is 0 Å². The van der Waals surface area contributed by atoms with Gasteiger partial charge in [-0.25, -0.2) is 0 Å². The van der Waals surface area contributed by atoms with E-state index in [2.05, 4.69) is 31.7 Å². The van der Waals surface area contributed by atoms with E-state index < -0.39 is 0 Å². The van der Waals surface area contributed by atoms with Crippen LogP contribution in [0.4, 0.5) is 0 Å². The topological polar surface area (TPSA) is 29.0 Å². The predicted octanol–water partition coefficient (Wildman–Crippen LogP) is 2.92. The van der Waals surface area contributed by atoms with Gasteiger partial charge in [-0.2, -0.15) is 11.3 Å². The van der Waals surface area contributed by atoms with Gasteiger partial charge in [0.15, 0.2) is 0 Å². The molecular weight excluding hydrogens is 242 g/mol. The Morgan fingerprint density at radius 3 is 2.83 bits per heavy atom. The molecule has 0 unspecified atom stereocenters. The molecule has 3 rings (SSSR count). The predicted molar refractivity (Wildman–Crippen MR) is 73.6 cm³/mol. The molecule has 1 aliphatic rings. The minimum atomic E-state index is 0.595. The normalized spacial score (nSPS) is 18.0. The van der Waals surface area contributed by atoms with Crippen LogP contribution in [0.25, 0.3) is 0 Å². The molecule has 0 bridgehead atoms. The molecule has 94 valence electrons. The van der Waals surface area contributed by atoms with Crippen LogP contribution < -0.4 is 0 Å². The third kappa shape index (κ3) is 2.76. The number of hydrogen-bond donors (Lipinski definition) is 0. The second kappa shape index (κ2) is 5.59. The zero-order chi connectivity index (χ0) is 12.2. The summed E-state index contributed by atoms with van der Waals surface area (Å²) < 4.78 is 0. The average Bonchev–Trinajstić information content (AvgIpc) is 2.94. The van der Waals surface area contributed by atoms with Crippen LogP contribution >= 0.6 is 11.3 Å². The molecule has 0 radical (unpaired) electrons. The van der Waals surface area contributed by atoms with E-state index in [0.717, 1.165) is 25.3 Å². The smallest absolute Gasteiger partial charge is 0.0618 e. The maximum atomic E-state index is 4.42. The highest BCUT2D eigenvalue weighted by Crippen LogP contribution is 2.26. The van der Waals surface area contributed by atoms with Crippen molar-refractivity contribution >= 4 is 11.3 Å². The van der Waals surface area contributed by atoms with Gasteiger partial charge >= 0.3 is 0 Å². The number of hydrogen-bond acceptors (Lipinski definition) is 4. The molecule has 0 N–H and O–H groups in total. The number of nitrogens with zero attached hydrogens (tertiary/aromatic N) is 3. The van der Waals surface area contributed by atoms with Crippen molar-refractivity contribution in [2.24, 2.45) is 0 Å². The van der Waals surface area contributed by atoms with Gasteiger partial charge < -0.3 is 0 Å². The summed E-state index contributed by atoms with van der Waals surface area (Å²) in [7, 11) is 0. The van der Waals surface area contributed by atoms with Gasteiger partial charge in [0, 0.05) is 31.1 Å². The minimum Gasteiger partial charge on any atom is -0.299 e. The van der Waals surface area contributed by atoms with Crippen molar-refractivity contribution in [1.82, 2.24) is 14.9 Å². The van der Waals surface area contributed by atoms with Crippen molar-refractivity contribution in [3.05, 3.63) is 46.7 Å². The average molecular weight is 259 g/mol. The monoisotopic (exact) mass is 259 g/mol. The first-order valence-electron chi connectivity index (χ1n) is 6.41. The fraction of sp³-hybridized carbons (Fsp3) is 0.429. The van der Waals surface area contributed by atoms with Gasteiger partial charge in [-0.15, -0.1) is 0 Å². The highest BCUT2D eigenvalue weighted by atomic mass is 32.1. The van der Waals surface area contributed by atoms with E-state index in [1.165, 1.54) is 18.4 Å². The second-order valence-electron chi connectivity index (χ2n) is 4.81. The van der Waals surface area contributed by atoms with E-state index in [0.29, 0.717) is 5.92 Å². The van der Waals surface area contributed by atoms with E-state index in [4.69, 9.17) is 0 Å². The van der Waals surface area contributed by atoms with Crippen LogP contribution in [0.1, 0.15) is 30.0 Å². The Bertz CT molecular complexity index is 461. The first-order chi connectivity index (χ1) is 8.92. The first-order valence-corrected chi connectivity index (χ1v) is 7.35. The van der Waals surface area contributed by atoms with Crippen LogP contribution in [0.5, 0.6) is 0 Å². The summed E-state index contributed by atoms with van der Waals surface area (Å²) in [5.41, 5.74) is 2.60. The number of likely N-dealkylation sites (tertiary alicyclic amines) is 1. The van der Waals surface area contributed by atoms with Gasteiger partial charge in [-0.05, 0) is 48.3 Å². The van der Waals surface area contributed by atoms with Crippen molar-refractivity contribution in [3.63, 3.8) is 0 Å². The maximum absolute atomic E-state index is 4.42. The van der Waals surface area contributed by atoms with Crippen molar-refractivity contribution in [2.75, 3.05) is 13.1 Å². The summed E-state index contributed by atoms with van der Waals surface area (Å²) in [6, 6.07) is 2.22. The van der Waals surface area contributed by atoms with Gasteiger partial charge in [0.05, 0.1) is 5.69 Å². The summed E-state index contributed by atoms with van der Waals surface area (Å²) >= 11 is 1.78. The van der Waals surface area contributed by atoms with Crippen molar-refractivity contribution < 1.29 is 0 Å². The SMILES string of the molecule is c1cnc(C2CCN(Cc3ccsc3)CC2)cn1. The number of aromatic nitrogens is 2. The Hall–Kier alpha value is -1.26. The molecule has 1 fully saturated rings. The molecule has 1 saturated heterocycles. The minimum absolute atomic E-state index is 0.595. The molecule has 3 nitrogen and oxygen atoms in total. The standard InChI is InChI=1S/C14H17N3S/c1-6-17(10-12-3-8-18-11-12)7-2-13(1)14-9-15-4-5-16-14/h3-5,8-9,11,13H,1-2,6-7,10H2. The molecule has 2 aromatic heterocycles. The third-order valence-corrected chi connectivity index (χ3v) is 4.31. The number of piperidine rings is 1. The molecule has 0 amide bonds. The molecule has 3 heterocycles. The zero-order valence-corrected chi connectivity index (χ0v) is 11.1. The Labute approximate surface area is 112 Å². The number of thiophene rings is 1. The second-order valence-corrected chi connectivity index (χ2v) is 5.59. The van der Waals surface area contributed by atoms with Crippen molar-refractivity contribution in [1.29, 1.82) is 0 Å². The molecule has 0 spiro atoms.